The van der Waals surface area contributed by atoms with E-state index in [0.29, 0.717) is 18.7 Å². The van der Waals surface area contributed by atoms with Crippen LogP contribution in [-0.2, 0) is 0 Å². The monoisotopic (exact) mass is 449 g/mol. The molecule has 8 heteroatoms. The Hall–Kier alpha value is -2.15. The summed E-state index contributed by atoms with van der Waals surface area (Å²) < 4.78 is 1.89. The fraction of sp³-hybridized carbons (Fsp3) is 0.409. The summed E-state index contributed by atoms with van der Waals surface area (Å²) in [7, 11) is 0. The summed E-state index contributed by atoms with van der Waals surface area (Å²) in [5.41, 5.74) is 10.4. The Labute approximate surface area is 189 Å². The van der Waals surface area contributed by atoms with Crippen molar-refractivity contribution in [2.75, 3.05) is 13.1 Å². The average Bonchev–Trinajstić information content (AvgIpc) is 3.12. The molecule has 0 atom stereocenters. The van der Waals surface area contributed by atoms with E-state index in [0.717, 1.165) is 40.7 Å². The van der Waals surface area contributed by atoms with Crippen molar-refractivity contribution in [1.29, 1.82) is 0 Å². The van der Waals surface area contributed by atoms with Crippen LogP contribution in [0, 0.1) is 6.92 Å². The van der Waals surface area contributed by atoms with Gasteiger partial charge in [-0.15, -0.1) is 24.8 Å². The molecule has 0 bridgehead atoms. The van der Waals surface area contributed by atoms with Crippen molar-refractivity contribution in [3.05, 3.63) is 47.7 Å². The van der Waals surface area contributed by atoms with Crippen LogP contribution in [0.2, 0.25) is 0 Å². The lowest BCUT2D eigenvalue weighted by Crippen LogP contribution is -2.42. The van der Waals surface area contributed by atoms with Gasteiger partial charge in [-0.1, -0.05) is 24.3 Å². The summed E-state index contributed by atoms with van der Waals surface area (Å²) in [6.45, 7) is 7.60. The number of nitrogens with zero attached hydrogens (tertiary/aromatic N) is 4. The highest BCUT2D eigenvalue weighted by molar-refractivity contribution is 6.06. The topological polar surface area (TPSA) is 77.0 Å². The van der Waals surface area contributed by atoms with Crippen LogP contribution in [0.1, 0.15) is 48.7 Å². The van der Waals surface area contributed by atoms with E-state index in [1.165, 1.54) is 0 Å². The van der Waals surface area contributed by atoms with Crippen molar-refractivity contribution in [2.45, 2.75) is 45.7 Å². The molecular formula is C22H29Cl2N5O. The van der Waals surface area contributed by atoms with Crippen LogP contribution in [0.5, 0.6) is 0 Å². The third-order valence-electron chi connectivity index (χ3n) is 5.53. The van der Waals surface area contributed by atoms with Gasteiger partial charge in [0.15, 0.2) is 5.65 Å². The molecule has 0 aliphatic carbocycles. The summed E-state index contributed by atoms with van der Waals surface area (Å²) in [6, 6.07) is 10.4. The predicted molar refractivity (Wildman–Crippen MR) is 126 cm³/mol. The molecule has 0 radical (unpaired) electrons. The SMILES string of the molecule is Cc1ccccc1-c1cc(C(=O)N2CCC(N)CC2)c2cnn(C(C)C)c2n1.Cl.Cl. The molecule has 1 saturated heterocycles. The lowest BCUT2D eigenvalue weighted by atomic mass is 10.0. The van der Waals surface area contributed by atoms with Crippen LogP contribution in [-0.4, -0.2) is 44.7 Å². The first-order valence-electron chi connectivity index (χ1n) is 9.95. The number of fused-ring (bicyclic) bond motifs is 1. The van der Waals surface area contributed by atoms with Gasteiger partial charge in [0.05, 0.1) is 22.8 Å². The molecule has 30 heavy (non-hydrogen) atoms. The van der Waals surface area contributed by atoms with Gasteiger partial charge in [0.2, 0.25) is 0 Å². The lowest BCUT2D eigenvalue weighted by molar-refractivity contribution is 0.0716. The summed E-state index contributed by atoms with van der Waals surface area (Å²) in [6.07, 6.45) is 3.46. The first kappa shape index (κ1) is 24.1. The number of piperidine rings is 1. The molecule has 4 rings (SSSR count). The van der Waals surface area contributed by atoms with Gasteiger partial charge in [-0.2, -0.15) is 5.10 Å². The van der Waals surface area contributed by atoms with Crippen LogP contribution in [0.15, 0.2) is 36.5 Å². The van der Waals surface area contributed by atoms with Crippen LogP contribution in [0.25, 0.3) is 22.3 Å². The highest BCUT2D eigenvalue weighted by Gasteiger charge is 2.25. The van der Waals surface area contributed by atoms with Crippen LogP contribution < -0.4 is 5.73 Å². The van der Waals surface area contributed by atoms with Crippen molar-refractivity contribution in [2.24, 2.45) is 5.73 Å². The number of hydrogen-bond donors (Lipinski definition) is 1. The third kappa shape index (κ3) is 4.46. The fourth-order valence-electron chi connectivity index (χ4n) is 3.84. The van der Waals surface area contributed by atoms with Gasteiger partial charge >= 0.3 is 0 Å². The molecule has 1 aliphatic heterocycles. The van der Waals surface area contributed by atoms with E-state index < -0.39 is 0 Å². The summed E-state index contributed by atoms with van der Waals surface area (Å²) in [5.74, 6) is 0.0393. The normalized spacial score (nSPS) is 14.5. The van der Waals surface area contributed by atoms with Gasteiger partial charge in [-0.25, -0.2) is 9.67 Å². The minimum absolute atomic E-state index is 0. The Morgan fingerprint density at radius 2 is 1.83 bits per heavy atom. The van der Waals surface area contributed by atoms with E-state index >= 15 is 0 Å². The summed E-state index contributed by atoms with van der Waals surface area (Å²) >= 11 is 0. The molecule has 3 aromatic rings. The number of aryl methyl sites for hydroxylation is 1. The molecule has 1 aliphatic rings. The van der Waals surface area contributed by atoms with Gasteiger partial charge in [-0.05, 0) is 45.2 Å². The Balaban J connectivity index is 0.00000160. The maximum absolute atomic E-state index is 13.4. The molecule has 0 saturated carbocycles. The van der Waals surface area contributed by atoms with Crippen molar-refractivity contribution in [3.63, 3.8) is 0 Å². The zero-order valence-corrected chi connectivity index (χ0v) is 19.2. The van der Waals surface area contributed by atoms with E-state index in [1.54, 1.807) is 6.20 Å². The number of amides is 1. The third-order valence-corrected chi connectivity index (χ3v) is 5.53. The van der Waals surface area contributed by atoms with Crippen LogP contribution in [0.3, 0.4) is 0 Å². The highest BCUT2D eigenvalue weighted by atomic mass is 35.5. The molecule has 6 nitrogen and oxygen atoms in total. The quantitative estimate of drug-likeness (QED) is 0.642. The van der Waals surface area contributed by atoms with Crippen molar-refractivity contribution < 1.29 is 4.79 Å². The van der Waals surface area contributed by atoms with Gasteiger partial charge in [-0.3, -0.25) is 4.79 Å². The second-order valence-corrected chi connectivity index (χ2v) is 7.92. The van der Waals surface area contributed by atoms with E-state index in [1.807, 2.05) is 33.8 Å². The number of rotatable bonds is 3. The largest absolute Gasteiger partial charge is 0.339 e. The van der Waals surface area contributed by atoms with E-state index in [9.17, 15) is 4.79 Å². The lowest BCUT2D eigenvalue weighted by Gasteiger charge is -2.30. The first-order chi connectivity index (χ1) is 13.5. The minimum atomic E-state index is 0. The zero-order chi connectivity index (χ0) is 19.8. The Kier molecular flexibility index (Phi) is 7.86. The standard InChI is InChI=1S/C22H27N5O.2ClH/c1-14(2)27-21-19(13-24-27)18(22(28)26-10-8-16(23)9-11-26)12-20(25-21)17-7-5-4-6-15(17)3;;/h4-7,12-14,16H,8-11,23H2,1-3H3;2*1H. The minimum Gasteiger partial charge on any atom is -0.339 e. The highest BCUT2D eigenvalue weighted by Crippen LogP contribution is 2.29. The average molecular weight is 450 g/mol. The number of carbonyl (C=O) groups excluding carboxylic acids is 1. The molecule has 3 heterocycles. The number of likely N-dealkylation sites (tertiary alicyclic amines) is 1. The number of carbonyl (C=O) groups is 1. The molecular weight excluding hydrogens is 421 g/mol. The molecule has 2 N–H and O–H groups in total. The number of hydrogen-bond acceptors (Lipinski definition) is 4. The molecule has 0 unspecified atom stereocenters. The Morgan fingerprint density at radius 1 is 1.17 bits per heavy atom. The summed E-state index contributed by atoms with van der Waals surface area (Å²) in [5, 5.41) is 5.33. The van der Waals surface area contributed by atoms with Crippen LogP contribution in [0.4, 0.5) is 0 Å². The zero-order valence-electron chi connectivity index (χ0n) is 17.5. The predicted octanol–water partition coefficient (Wildman–Crippen LogP) is 4.39. The molecule has 0 spiro atoms. The second kappa shape index (κ2) is 9.77. The maximum Gasteiger partial charge on any atom is 0.254 e. The van der Waals surface area contributed by atoms with E-state index in [2.05, 4.69) is 31.9 Å². The summed E-state index contributed by atoms with van der Waals surface area (Å²) in [4.78, 5) is 20.2. The second-order valence-electron chi connectivity index (χ2n) is 7.92. The van der Waals surface area contributed by atoms with Crippen LogP contribution >= 0.6 is 24.8 Å². The number of pyridine rings is 1. The van der Waals surface area contributed by atoms with Crippen molar-refractivity contribution >= 4 is 41.8 Å². The van der Waals surface area contributed by atoms with Gasteiger partial charge in [0.25, 0.3) is 5.91 Å². The Morgan fingerprint density at radius 3 is 2.47 bits per heavy atom. The molecule has 1 amide bonds. The molecule has 1 aromatic carbocycles. The van der Waals surface area contributed by atoms with Gasteiger partial charge in [0.1, 0.15) is 0 Å². The van der Waals surface area contributed by atoms with Crippen molar-refractivity contribution in [3.8, 4) is 11.3 Å². The number of halogens is 2. The fourth-order valence-corrected chi connectivity index (χ4v) is 3.84. The number of nitrogens with two attached hydrogens (primary N) is 1. The maximum atomic E-state index is 13.4. The van der Waals surface area contributed by atoms with E-state index in [4.69, 9.17) is 10.7 Å². The molecule has 2 aromatic heterocycles. The van der Waals surface area contributed by atoms with Gasteiger partial charge < -0.3 is 10.6 Å². The van der Waals surface area contributed by atoms with E-state index in [-0.39, 0.29) is 42.8 Å². The van der Waals surface area contributed by atoms with Crippen molar-refractivity contribution in [1.82, 2.24) is 19.7 Å². The first-order valence-corrected chi connectivity index (χ1v) is 9.95. The number of benzene rings is 1. The number of aromatic nitrogens is 3. The smallest absolute Gasteiger partial charge is 0.254 e. The molecule has 162 valence electrons. The molecule has 1 fully saturated rings. The Bertz CT molecular complexity index is 1030. The van der Waals surface area contributed by atoms with Gasteiger partial charge in [0, 0.05) is 30.7 Å².